The van der Waals surface area contributed by atoms with Crippen molar-refractivity contribution in [3.05, 3.63) is 24.2 Å². The van der Waals surface area contributed by atoms with Crippen LogP contribution in [0.5, 0.6) is 0 Å². The summed E-state index contributed by atoms with van der Waals surface area (Å²) in [6.07, 6.45) is 1.99. The molecule has 0 spiro atoms. The molecule has 0 saturated carbocycles. The highest BCUT2D eigenvalue weighted by Crippen LogP contribution is 2.30. The van der Waals surface area contributed by atoms with Gasteiger partial charge in [-0.15, -0.1) is 0 Å². The summed E-state index contributed by atoms with van der Waals surface area (Å²) in [6.45, 7) is 3.08. The third-order valence-electron chi connectivity index (χ3n) is 3.91. The fourth-order valence-electron chi connectivity index (χ4n) is 2.50. The molecular formula is C15H18FN5O. The van der Waals surface area contributed by atoms with Crippen LogP contribution in [0.4, 0.5) is 10.2 Å². The second-order valence-electron chi connectivity index (χ2n) is 5.60. The van der Waals surface area contributed by atoms with Gasteiger partial charge in [-0.2, -0.15) is 0 Å². The van der Waals surface area contributed by atoms with E-state index in [9.17, 15) is 9.50 Å². The molecule has 0 fully saturated rings. The lowest BCUT2D eigenvalue weighted by Gasteiger charge is -2.20. The molecular weight excluding hydrogens is 285 g/mol. The van der Waals surface area contributed by atoms with Gasteiger partial charge in [0.1, 0.15) is 34.7 Å². The average Bonchev–Trinajstić information content (AvgIpc) is 2.86. The lowest BCUT2D eigenvalue weighted by Crippen LogP contribution is -2.25. The first kappa shape index (κ1) is 14.6. The summed E-state index contributed by atoms with van der Waals surface area (Å²) in [7, 11) is 0. The standard InChI is InChI=1S/C15H18FN5O/c1-3-15(2,16)8-21-10(7-22)20-12-13(21)11-9(19-14(12)17)5-4-6-18-11/h4-6,22H,3,7-8H2,1-2H3,(H2,17,19). The van der Waals surface area contributed by atoms with Crippen molar-refractivity contribution in [2.45, 2.75) is 39.1 Å². The molecule has 3 aromatic rings. The van der Waals surface area contributed by atoms with E-state index in [4.69, 9.17) is 5.73 Å². The number of hydrogen-bond acceptors (Lipinski definition) is 5. The summed E-state index contributed by atoms with van der Waals surface area (Å²) in [6, 6.07) is 3.56. The van der Waals surface area contributed by atoms with Crippen LogP contribution in [0.3, 0.4) is 0 Å². The zero-order valence-corrected chi connectivity index (χ0v) is 12.5. The van der Waals surface area contributed by atoms with E-state index in [2.05, 4.69) is 15.0 Å². The Labute approximate surface area is 126 Å². The van der Waals surface area contributed by atoms with Gasteiger partial charge in [0.15, 0.2) is 5.82 Å². The molecule has 0 radical (unpaired) electrons. The molecule has 7 heteroatoms. The van der Waals surface area contributed by atoms with Crippen molar-refractivity contribution in [2.75, 3.05) is 5.73 Å². The quantitative estimate of drug-likeness (QED) is 0.771. The Morgan fingerprint density at radius 2 is 2.14 bits per heavy atom. The molecule has 0 aromatic carbocycles. The number of alkyl halides is 1. The van der Waals surface area contributed by atoms with Crippen LogP contribution in [0, 0.1) is 0 Å². The van der Waals surface area contributed by atoms with E-state index in [-0.39, 0.29) is 19.0 Å². The van der Waals surface area contributed by atoms with E-state index in [1.54, 1.807) is 29.8 Å². The number of hydrogen-bond donors (Lipinski definition) is 2. The van der Waals surface area contributed by atoms with Gasteiger partial charge in [-0.1, -0.05) is 6.92 Å². The first-order valence-electron chi connectivity index (χ1n) is 7.16. The number of nitrogens with zero attached hydrogens (tertiary/aromatic N) is 4. The van der Waals surface area contributed by atoms with E-state index in [0.717, 1.165) is 0 Å². The molecule has 3 heterocycles. The Hall–Kier alpha value is -2.28. The molecule has 3 rings (SSSR count). The first-order valence-corrected chi connectivity index (χ1v) is 7.16. The fourth-order valence-corrected chi connectivity index (χ4v) is 2.50. The Morgan fingerprint density at radius 1 is 1.36 bits per heavy atom. The highest BCUT2D eigenvalue weighted by Gasteiger charge is 2.26. The van der Waals surface area contributed by atoms with Crippen LogP contribution in [0.2, 0.25) is 0 Å². The second-order valence-corrected chi connectivity index (χ2v) is 5.60. The molecule has 22 heavy (non-hydrogen) atoms. The van der Waals surface area contributed by atoms with Crippen LogP contribution < -0.4 is 5.73 Å². The maximum absolute atomic E-state index is 14.5. The van der Waals surface area contributed by atoms with Crippen LogP contribution in [-0.2, 0) is 13.2 Å². The van der Waals surface area contributed by atoms with Crippen LogP contribution in [0.15, 0.2) is 18.3 Å². The molecule has 0 aliphatic carbocycles. The van der Waals surface area contributed by atoms with Crippen molar-refractivity contribution >= 4 is 27.9 Å². The number of aliphatic hydroxyl groups excluding tert-OH is 1. The van der Waals surface area contributed by atoms with Gasteiger partial charge in [0.2, 0.25) is 0 Å². The smallest absolute Gasteiger partial charge is 0.152 e. The van der Waals surface area contributed by atoms with Crippen molar-refractivity contribution in [1.82, 2.24) is 19.5 Å². The van der Waals surface area contributed by atoms with Crippen molar-refractivity contribution < 1.29 is 9.50 Å². The largest absolute Gasteiger partial charge is 0.388 e. The predicted octanol–water partition coefficient (Wildman–Crippen LogP) is 2.19. The van der Waals surface area contributed by atoms with E-state index < -0.39 is 5.67 Å². The number of pyridine rings is 2. The molecule has 0 amide bonds. The minimum atomic E-state index is -1.42. The molecule has 6 nitrogen and oxygen atoms in total. The Kier molecular flexibility index (Phi) is 3.44. The molecule has 3 N–H and O–H groups in total. The number of fused-ring (bicyclic) bond motifs is 3. The van der Waals surface area contributed by atoms with Gasteiger partial charge in [0.25, 0.3) is 0 Å². The van der Waals surface area contributed by atoms with Crippen molar-refractivity contribution in [1.29, 1.82) is 0 Å². The second kappa shape index (κ2) is 5.17. The van der Waals surface area contributed by atoms with Crippen LogP contribution in [-0.4, -0.2) is 30.3 Å². The molecule has 0 saturated heterocycles. The normalized spacial score (nSPS) is 14.5. The van der Waals surface area contributed by atoms with E-state index >= 15 is 0 Å². The first-order chi connectivity index (χ1) is 10.5. The number of anilines is 1. The molecule has 1 unspecified atom stereocenters. The van der Waals surface area contributed by atoms with E-state index in [1.807, 2.05) is 0 Å². The number of halogens is 1. The monoisotopic (exact) mass is 303 g/mol. The predicted molar refractivity (Wildman–Crippen MR) is 83.0 cm³/mol. The van der Waals surface area contributed by atoms with E-state index in [0.29, 0.717) is 34.3 Å². The summed E-state index contributed by atoms with van der Waals surface area (Å²) in [4.78, 5) is 12.9. The maximum Gasteiger partial charge on any atom is 0.152 e. The summed E-state index contributed by atoms with van der Waals surface area (Å²) < 4.78 is 16.2. The third kappa shape index (κ3) is 2.27. The number of rotatable bonds is 4. The number of nitrogens with two attached hydrogens (primary N) is 1. The fraction of sp³-hybridized carbons (Fsp3) is 0.400. The molecule has 1 atom stereocenters. The van der Waals surface area contributed by atoms with Gasteiger partial charge in [-0.3, -0.25) is 4.98 Å². The molecule has 0 aliphatic heterocycles. The van der Waals surface area contributed by atoms with Crippen molar-refractivity contribution in [2.24, 2.45) is 0 Å². The lowest BCUT2D eigenvalue weighted by molar-refractivity contribution is 0.151. The van der Waals surface area contributed by atoms with Crippen molar-refractivity contribution in [3.63, 3.8) is 0 Å². The number of nitrogen functional groups attached to an aromatic ring is 1. The number of aliphatic hydroxyl groups is 1. The minimum Gasteiger partial charge on any atom is -0.388 e. The summed E-state index contributed by atoms with van der Waals surface area (Å²) >= 11 is 0. The van der Waals surface area contributed by atoms with E-state index in [1.165, 1.54) is 6.92 Å². The molecule has 0 bridgehead atoms. The molecule has 3 aromatic heterocycles. The summed E-state index contributed by atoms with van der Waals surface area (Å²) in [5, 5.41) is 9.56. The highest BCUT2D eigenvalue weighted by molar-refractivity contribution is 6.04. The van der Waals surface area contributed by atoms with Crippen LogP contribution in [0.25, 0.3) is 22.1 Å². The number of imidazole rings is 1. The minimum absolute atomic E-state index is 0.0744. The Balaban J connectivity index is 2.38. The number of aromatic nitrogens is 4. The third-order valence-corrected chi connectivity index (χ3v) is 3.91. The Morgan fingerprint density at radius 3 is 2.82 bits per heavy atom. The van der Waals surface area contributed by atoms with Gasteiger partial charge in [0, 0.05) is 6.20 Å². The van der Waals surface area contributed by atoms with Gasteiger partial charge >= 0.3 is 0 Å². The summed E-state index contributed by atoms with van der Waals surface area (Å²) in [5.41, 5.74) is 6.83. The highest BCUT2D eigenvalue weighted by atomic mass is 19.1. The zero-order chi connectivity index (χ0) is 15.9. The lowest BCUT2D eigenvalue weighted by atomic mass is 10.1. The summed E-state index contributed by atoms with van der Waals surface area (Å²) in [5.74, 6) is 0.611. The van der Waals surface area contributed by atoms with Gasteiger partial charge < -0.3 is 15.4 Å². The SMILES string of the molecule is CCC(C)(F)Cn1c(CO)nc2c(N)nc3cccnc3c21. The van der Waals surface area contributed by atoms with Crippen molar-refractivity contribution in [3.8, 4) is 0 Å². The topological polar surface area (TPSA) is 89.8 Å². The average molecular weight is 303 g/mol. The van der Waals surface area contributed by atoms with Crippen LogP contribution in [0.1, 0.15) is 26.1 Å². The maximum atomic E-state index is 14.5. The molecule has 0 aliphatic rings. The van der Waals surface area contributed by atoms with Gasteiger partial charge in [-0.25, -0.2) is 14.4 Å². The zero-order valence-electron chi connectivity index (χ0n) is 12.5. The van der Waals surface area contributed by atoms with Gasteiger partial charge in [0.05, 0.1) is 12.1 Å². The Bertz CT molecular complexity index is 843. The van der Waals surface area contributed by atoms with Gasteiger partial charge in [-0.05, 0) is 25.5 Å². The van der Waals surface area contributed by atoms with Crippen LogP contribution >= 0.6 is 0 Å². The molecule has 116 valence electrons.